The van der Waals surface area contributed by atoms with Crippen molar-refractivity contribution in [1.82, 2.24) is 29.5 Å². The average molecular weight is 327 g/mol. The summed E-state index contributed by atoms with van der Waals surface area (Å²) in [5, 5.41) is 13.4. The van der Waals surface area contributed by atoms with E-state index < -0.39 is 0 Å². The summed E-state index contributed by atoms with van der Waals surface area (Å²) in [4.78, 5) is 9.26. The second kappa shape index (κ2) is 6.22. The lowest BCUT2D eigenvalue weighted by Crippen LogP contribution is -2.12. The van der Waals surface area contributed by atoms with Crippen LogP contribution in [0.25, 0.3) is 11.0 Å². The van der Waals surface area contributed by atoms with Crippen LogP contribution < -0.4 is 5.32 Å². The second-order valence-electron chi connectivity index (χ2n) is 6.11. The number of rotatable bonds is 5. The Morgan fingerprint density at radius 3 is 2.58 bits per heavy atom. The van der Waals surface area contributed by atoms with Gasteiger partial charge in [0.1, 0.15) is 11.6 Å². The maximum Gasteiger partial charge on any atom is 0.163 e. The molecule has 0 aliphatic carbocycles. The van der Waals surface area contributed by atoms with E-state index in [-0.39, 0.29) is 6.04 Å². The predicted octanol–water partition coefficient (Wildman–Crippen LogP) is 2.93. The standard InChI is InChI=1S/C17H25N7/c1-7-14-20-16(13-9-18-23(6)17(13)21-14)19-10(3)15-11(4)22-24(8-2)12(15)5/h9-10H,7-8H2,1-6H3,(H,19,20,21). The summed E-state index contributed by atoms with van der Waals surface area (Å²) >= 11 is 0. The summed E-state index contributed by atoms with van der Waals surface area (Å²) in [5.41, 5.74) is 4.34. The highest BCUT2D eigenvalue weighted by Gasteiger charge is 2.19. The first-order valence-electron chi connectivity index (χ1n) is 8.45. The Morgan fingerprint density at radius 2 is 1.96 bits per heavy atom. The SMILES string of the molecule is CCc1nc(NC(C)c2c(C)nn(CC)c2C)c2cnn(C)c2n1. The van der Waals surface area contributed by atoms with Crippen LogP contribution in [0, 0.1) is 13.8 Å². The molecular weight excluding hydrogens is 302 g/mol. The Bertz CT molecular complexity index is 875. The molecule has 3 aromatic rings. The molecule has 0 radical (unpaired) electrons. The van der Waals surface area contributed by atoms with E-state index in [0.29, 0.717) is 0 Å². The zero-order valence-electron chi connectivity index (χ0n) is 15.3. The molecule has 3 rings (SSSR count). The Balaban J connectivity index is 2.02. The average Bonchev–Trinajstić information content (AvgIpc) is 3.07. The van der Waals surface area contributed by atoms with Crippen molar-refractivity contribution >= 4 is 16.9 Å². The van der Waals surface area contributed by atoms with E-state index >= 15 is 0 Å². The minimum Gasteiger partial charge on any atom is -0.363 e. The van der Waals surface area contributed by atoms with Gasteiger partial charge in [-0.3, -0.25) is 9.36 Å². The fourth-order valence-corrected chi connectivity index (χ4v) is 3.26. The molecule has 0 amide bonds. The smallest absolute Gasteiger partial charge is 0.163 e. The third kappa shape index (κ3) is 2.64. The number of hydrogen-bond acceptors (Lipinski definition) is 5. The topological polar surface area (TPSA) is 73.5 Å². The molecule has 0 aromatic carbocycles. The highest BCUT2D eigenvalue weighted by molar-refractivity contribution is 5.86. The van der Waals surface area contributed by atoms with Crippen LogP contribution in [0.5, 0.6) is 0 Å². The number of anilines is 1. The predicted molar refractivity (Wildman–Crippen MR) is 95.1 cm³/mol. The summed E-state index contributed by atoms with van der Waals surface area (Å²) in [5.74, 6) is 1.65. The maximum absolute atomic E-state index is 4.68. The van der Waals surface area contributed by atoms with Crippen molar-refractivity contribution in [2.24, 2.45) is 7.05 Å². The van der Waals surface area contributed by atoms with Crippen LogP contribution in [0.3, 0.4) is 0 Å². The lowest BCUT2D eigenvalue weighted by Gasteiger charge is -2.16. The third-order valence-corrected chi connectivity index (χ3v) is 4.48. The van der Waals surface area contributed by atoms with Crippen LogP contribution in [-0.2, 0) is 20.0 Å². The normalized spacial score (nSPS) is 12.8. The monoisotopic (exact) mass is 327 g/mol. The molecule has 0 bridgehead atoms. The Kier molecular flexibility index (Phi) is 4.26. The van der Waals surface area contributed by atoms with Crippen LogP contribution in [0.4, 0.5) is 5.82 Å². The summed E-state index contributed by atoms with van der Waals surface area (Å²) in [6.07, 6.45) is 2.61. The molecule has 0 fully saturated rings. The van der Waals surface area contributed by atoms with Crippen molar-refractivity contribution < 1.29 is 0 Å². The van der Waals surface area contributed by atoms with Crippen molar-refractivity contribution in [2.45, 2.75) is 53.6 Å². The van der Waals surface area contributed by atoms with E-state index in [1.807, 2.05) is 17.9 Å². The molecule has 1 unspecified atom stereocenters. The summed E-state index contributed by atoms with van der Waals surface area (Å²) < 4.78 is 3.83. The van der Waals surface area contributed by atoms with E-state index in [2.05, 4.69) is 60.1 Å². The van der Waals surface area contributed by atoms with Crippen molar-refractivity contribution in [3.63, 3.8) is 0 Å². The van der Waals surface area contributed by atoms with Crippen molar-refractivity contribution in [1.29, 1.82) is 0 Å². The molecule has 0 saturated heterocycles. The summed E-state index contributed by atoms with van der Waals surface area (Å²) in [6, 6.07) is 0.105. The van der Waals surface area contributed by atoms with Gasteiger partial charge in [0.25, 0.3) is 0 Å². The molecule has 24 heavy (non-hydrogen) atoms. The molecule has 0 spiro atoms. The number of fused-ring (bicyclic) bond motifs is 1. The Hall–Kier alpha value is -2.44. The van der Waals surface area contributed by atoms with E-state index in [4.69, 9.17) is 0 Å². The van der Waals surface area contributed by atoms with E-state index in [1.54, 1.807) is 4.68 Å². The number of hydrogen-bond donors (Lipinski definition) is 1. The van der Waals surface area contributed by atoms with Crippen LogP contribution in [0.2, 0.25) is 0 Å². The van der Waals surface area contributed by atoms with Gasteiger partial charge in [0.15, 0.2) is 5.65 Å². The first kappa shape index (κ1) is 16.4. The number of aromatic nitrogens is 6. The number of aryl methyl sites for hydroxylation is 4. The van der Waals surface area contributed by atoms with Gasteiger partial charge in [-0.25, -0.2) is 9.97 Å². The highest BCUT2D eigenvalue weighted by atomic mass is 15.3. The Labute approximate surface area is 142 Å². The number of nitrogens with zero attached hydrogens (tertiary/aromatic N) is 6. The van der Waals surface area contributed by atoms with Crippen LogP contribution in [-0.4, -0.2) is 29.5 Å². The van der Waals surface area contributed by atoms with Crippen molar-refractivity contribution in [3.8, 4) is 0 Å². The fourth-order valence-electron chi connectivity index (χ4n) is 3.26. The van der Waals surface area contributed by atoms with Gasteiger partial charge in [-0.2, -0.15) is 10.2 Å². The third-order valence-electron chi connectivity index (χ3n) is 4.48. The van der Waals surface area contributed by atoms with Gasteiger partial charge in [0.2, 0.25) is 0 Å². The molecular formula is C17H25N7. The summed E-state index contributed by atoms with van der Waals surface area (Å²) in [6.45, 7) is 11.4. The molecule has 0 saturated carbocycles. The molecule has 7 nitrogen and oxygen atoms in total. The van der Waals surface area contributed by atoms with Gasteiger partial charge in [0.05, 0.1) is 23.3 Å². The van der Waals surface area contributed by atoms with Crippen LogP contribution in [0.1, 0.15) is 49.6 Å². The molecule has 1 N–H and O–H groups in total. The maximum atomic E-state index is 4.68. The quantitative estimate of drug-likeness (QED) is 0.780. The fraction of sp³-hybridized carbons (Fsp3) is 0.529. The van der Waals surface area contributed by atoms with Crippen molar-refractivity contribution in [2.75, 3.05) is 5.32 Å². The van der Waals surface area contributed by atoms with Gasteiger partial charge < -0.3 is 5.32 Å². The molecule has 3 aromatic heterocycles. The molecule has 0 aliphatic rings. The number of nitrogens with one attached hydrogen (secondary N) is 1. The van der Waals surface area contributed by atoms with Gasteiger partial charge in [-0.15, -0.1) is 0 Å². The van der Waals surface area contributed by atoms with Gasteiger partial charge >= 0.3 is 0 Å². The lowest BCUT2D eigenvalue weighted by atomic mass is 10.1. The molecule has 1 atom stereocenters. The first-order chi connectivity index (χ1) is 11.5. The molecule has 0 aliphatic heterocycles. The molecule has 128 valence electrons. The second-order valence-corrected chi connectivity index (χ2v) is 6.11. The van der Waals surface area contributed by atoms with Gasteiger partial charge in [-0.1, -0.05) is 6.92 Å². The summed E-state index contributed by atoms with van der Waals surface area (Å²) in [7, 11) is 1.90. The Morgan fingerprint density at radius 1 is 1.21 bits per heavy atom. The molecule has 7 heteroatoms. The lowest BCUT2D eigenvalue weighted by molar-refractivity contribution is 0.632. The van der Waals surface area contributed by atoms with Crippen molar-refractivity contribution in [3.05, 3.63) is 29.0 Å². The van der Waals surface area contributed by atoms with Gasteiger partial charge in [-0.05, 0) is 27.7 Å². The van der Waals surface area contributed by atoms with E-state index in [9.17, 15) is 0 Å². The zero-order valence-corrected chi connectivity index (χ0v) is 15.3. The van der Waals surface area contributed by atoms with Crippen LogP contribution >= 0.6 is 0 Å². The van der Waals surface area contributed by atoms with Gasteiger partial charge in [0, 0.05) is 31.3 Å². The first-order valence-corrected chi connectivity index (χ1v) is 8.45. The zero-order chi connectivity index (χ0) is 17.4. The van der Waals surface area contributed by atoms with E-state index in [1.165, 1.54) is 11.3 Å². The minimum absolute atomic E-state index is 0.105. The van der Waals surface area contributed by atoms with E-state index in [0.717, 1.165) is 41.3 Å². The largest absolute Gasteiger partial charge is 0.363 e. The molecule has 3 heterocycles. The minimum atomic E-state index is 0.105. The van der Waals surface area contributed by atoms with Crippen LogP contribution in [0.15, 0.2) is 6.20 Å². The highest BCUT2D eigenvalue weighted by Crippen LogP contribution is 2.28.